The molecule has 9 nitrogen and oxygen atoms in total. The Labute approximate surface area is 212 Å². The van der Waals surface area contributed by atoms with Crippen molar-refractivity contribution in [1.82, 2.24) is 15.2 Å². The number of aliphatic imine (C=N–C) groups is 1. The summed E-state index contributed by atoms with van der Waals surface area (Å²) in [4.78, 5) is 12.0. The Hall–Kier alpha value is -4.02. The Morgan fingerprint density at radius 1 is 1.06 bits per heavy atom. The van der Waals surface area contributed by atoms with Gasteiger partial charge in [-0.25, -0.2) is 4.98 Å². The molecule has 1 fully saturated rings. The first-order valence-corrected chi connectivity index (χ1v) is 12.6. The Morgan fingerprint density at radius 3 is 2.67 bits per heavy atom. The maximum atomic E-state index is 6.04. The lowest BCUT2D eigenvalue weighted by atomic mass is 10.0. The van der Waals surface area contributed by atoms with Gasteiger partial charge in [0.05, 0.1) is 29.6 Å². The molecule has 0 bridgehead atoms. The number of para-hydroxylation sites is 1. The Bertz CT molecular complexity index is 1420. The van der Waals surface area contributed by atoms with Gasteiger partial charge in [0.1, 0.15) is 5.00 Å². The molecule has 2 aliphatic rings. The third-order valence-corrected chi connectivity index (χ3v) is 7.05. The molecule has 2 aromatic carbocycles. The predicted molar refractivity (Wildman–Crippen MR) is 142 cm³/mol. The molecule has 0 unspecified atom stereocenters. The van der Waals surface area contributed by atoms with Gasteiger partial charge in [-0.2, -0.15) is 0 Å². The molecule has 36 heavy (non-hydrogen) atoms. The van der Waals surface area contributed by atoms with Crippen molar-refractivity contribution in [2.24, 2.45) is 4.99 Å². The van der Waals surface area contributed by atoms with Gasteiger partial charge in [0.15, 0.2) is 11.9 Å². The van der Waals surface area contributed by atoms with E-state index in [1.165, 1.54) is 0 Å². The number of rotatable bonds is 5. The molecule has 6 rings (SSSR count). The Morgan fingerprint density at radius 2 is 1.83 bits per heavy atom. The summed E-state index contributed by atoms with van der Waals surface area (Å²) in [5, 5.41) is 17.2. The zero-order valence-corrected chi connectivity index (χ0v) is 20.6. The largest absolute Gasteiger partial charge is 0.402 e. The van der Waals surface area contributed by atoms with E-state index in [4.69, 9.17) is 14.1 Å². The first-order chi connectivity index (χ1) is 17.7. The zero-order valence-electron chi connectivity index (χ0n) is 19.8. The number of benzodiazepines with no additional fused rings is 1. The molecule has 10 heteroatoms. The van der Waals surface area contributed by atoms with Crippen LogP contribution in [-0.4, -0.2) is 53.4 Å². The van der Waals surface area contributed by atoms with Gasteiger partial charge >= 0.3 is 6.01 Å². The van der Waals surface area contributed by atoms with Crippen molar-refractivity contribution in [1.29, 1.82) is 0 Å². The van der Waals surface area contributed by atoms with Crippen molar-refractivity contribution in [3.63, 3.8) is 0 Å². The van der Waals surface area contributed by atoms with Crippen LogP contribution in [0.15, 0.2) is 76.3 Å². The minimum absolute atomic E-state index is 0.249. The summed E-state index contributed by atoms with van der Waals surface area (Å²) in [5.74, 6) is 0.367. The van der Waals surface area contributed by atoms with Crippen LogP contribution in [0.5, 0.6) is 0 Å². The molecule has 1 saturated heterocycles. The van der Waals surface area contributed by atoms with Crippen molar-refractivity contribution in [2.75, 3.05) is 41.8 Å². The zero-order chi connectivity index (χ0) is 24.5. The number of fused-ring (bicyclic) bond motifs is 1. The number of hydrogen-bond donors (Lipinski definition) is 2. The van der Waals surface area contributed by atoms with Crippen LogP contribution in [0.4, 0.5) is 16.7 Å². The number of aromatic nitrogens is 3. The number of benzene rings is 2. The molecule has 0 saturated carbocycles. The molecule has 0 radical (unpaired) electrons. The second kappa shape index (κ2) is 9.56. The smallest absolute Gasteiger partial charge is 0.317 e. The quantitative estimate of drug-likeness (QED) is 0.412. The van der Waals surface area contributed by atoms with Crippen molar-refractivity contribution in [3.8, 4) is 11.6 Å². The summed E-state index contributed by atoms with van der Waals surface area (Å²) in [6, 6.07) is 18.4. The van der Waals surface area contributed by atoms with Gasteiger partial charge in [0, 0.05) is 29.9 Å². The highest BCUT2D eigenvalue weighted by Gasteiger charge is 2.26. The molecule has 1 atom stereocenters. The number of ether oxygens (including phenoxy) is 1. The highest BCUT2D eigenvalue weighted by molar-refractivity contribution is 7.16. The lowest BCUT2D eigenvalue weighted by Gasteiger charge is -2.27. The number of nitrogens with one attached hydrogen (secondary N) is 2. The van der Waals surface area contributed by atoms with E-state index >= 15 is 0 Å². The van der Waals surface area contributed by atoms with Gasteiger partial charge in [-0.3, -0.25) is 4.99 Å². The summed E-state index contributed by atoms with van der Waals surface area (Å²) in [6.45, 7) is 9.19. The van der Waals surface area contributed by atoms with Gasteiger partial charge in [-0.05, 0) is 13.0 Å². The standard InChI is InChI=1S/C26H25N7O2S/c1-16-23(29-21(18-8-4-3-5-9-18)19-10-6-7-11-20(19)27-16)30-26-32-31-24(35-26)22-25(36-17(2)28-22)33-12-14-34-15-13-33/h3-11,23,27H,1,12-15H2,2H3,(H,30,32)/t23-/m1/s1. The maximum Gasteiger partial charge on any atom is 0.317 e. The lowest BCUT2D eigenvalue weighted by Crippen LogP contribution is -2.35. The fourth-order valence-corrected chi connectivity index (χ4v) is 5.25. The van der Waals surface area contributed by atoms with Crippen LogP contribution >= 0.6 is 11.3 Å². The summed E-state index contributed by atoms with van der Waals surface area (Å²) in [5.41, 5.74) is 5.15. The molecular weight excluding hydrogens is 474 g/mol. The minimum atomic E-state index is -0.531. The molecule has 4 aromatic rings. The number of anilines is 3. The highest BCUT2D eigenvalue weighted by Crippen LogP contribution is 2.36. The van der Waals surface area contributed by atoms with E-state index in [2.05, 4.69) is 37.3 Å². The molecule has 4 heterocycles. The van der Waals surface area contributed by atoms with Gasteiger partial charge in [-0.15, -0.1) is 16.4 Å². The van der Waals surface area contributed by atoms with Crippen molar-refractivity contribution in [2.45, 2.75) is 13.1 Å². The fraction of sp³-hybridized carbons (Fsp3) is 0.231. The topological polar surface area (TPSA) is 101 Å². The molecule has 2 aromatic heterocycles. The fourth-order valence-electron chi connectivity index (χ4n) is 4.29. The van der Waals surface area contributed by atoms with E-state index in [-0.39, 0.29) is 6.01 Å². The molecule has 0 aliphatic carbocycles. The van der Waals surface area contributed by atoms with E-state index in [1.54, 1.807) is 11.3 Å². The van der Waals surface area contributed by atoms with Crippen LogP contribution in [-0.2, 0) is 4.74 Å². The van der Waals surface area contributed by atoms with E-state index < -0.39 is 6.17 Å². The first kappa shape index (κ1) is 22.4. The van der Waals surface area contributed by atoms with Gasteiger partial charge in [0.2, 0.25) is 0 Å². The van der Waals surface area contributed by atoms with E-state index in [1.807, 2.05) is 61.5 Å². The number of hydrogen-bond acceptors (Lipinski definition) is 10. The van der Waals surface area contributed by atoms with Crippen LogP contribution in [0.2, 0.25) is 0 Å². The Balaban J connectivity index is 1.31. The van der Waals surface area contributed by atoms with Crippen molar-refractivity contribution < 1.29 is 9.15 Å². The number of aryl methyl sites for hydroxylation is 1. The molecule has 0 amide bonds. The third-order valence-electron chi connectivity index (χ3n) is 6.02. The molecule has 2 aliphatic heterocycles. The lowest BCUT2D eigenvalue weighted by molar-refractivity contribution is 0.123. The monoisotopic (exact) mass is 499 g/mol. The number of nitrogens with zero attached hydrogens (tertiary/aromatic N) is 5. The highest BCUT2D eigenvalue weighted by atomic mass is 32.1. The third kappa shape index (κ3) is 4.36. The van der Waals surface area contributed by atoms with E-state index in [9.17, 15) is 0 Å². The number of morpholine rings is 1. The van der Waals surface area contributed by atoms with Crippen LogP contribution in [0, 0.1) is 6.92 Å². The molecule has 0 spiro atoms. The summed E-state index contributed by atoms with van der Waals surface area (Å²) in [6.07, 6.45) is -0.531. The van der Waals surface area contributed by atoms with Crippen molar-refractivity contribution >= 4 is 33.8 Å². The van der Waals surface area contributed by atoms with Crippen LogP contribution < -0.4 is 15.5 Å². The predicted octanol–water partition coefficient (Wildman–Crippen LogP) is 4.55. The summed E-state index contributed by atoms with van der Waals surface area (Å²) < 4.78 is 11.5. The number of thiazole rings is 1. The summed E-state index contributed by atoms with van der Waals surface area (Å²) >= 11 is 1.62. The van der Waals surface area contributed by atoms with Crippen LogP contribution in [0.1, 0.15) is 16.1 Å². The van der Waals surface area contributed by atoms with Gasteiger partial charge < -0.3 is 24.7 Å². The van der Waals surface area contributed by atoms with Crippen LogP contribution in [0.25, 0.3) is 11.6 Å². The molecular formula is C26H25N7O2S. The van der Waals surface area contributed by atoms with E-state index in [0.717, 1.165) is 45.6 Å². The van der Waals surface area contributed by atoms with E-state index in [0.29, 0.717) is 30.5 Å². The maximum absolute atomic E-state index is 6.04. The Kier molecular flexibility index (Phi) is 5.96. The van der Waals surface area contributed by atoms with Crippen LogP contribution in [0.3, 0.4) is 0 Å². The van der Waals surface area contributed by atoms with Crippen molar-refractivity contribution in [3.05, 3.63) is 83.0 Å². The SMILES string of the molecule is C=C1Nc2ccccc2C(c2ccccc2)=N[C@@H]1Nc1nnc(-c2nc(C)sc2N2CCOCC2)o1. The normalized spacial score (nSPS) is 17.7. The first-order valence-electron chi connectivity index (χ1n) is 11.7. The average Bonchev–Trinajstić information content (AvgIpc) is 3.51. The molecule has 182 valence electrons. The second-order valence-electron chi connectivity index (χ2n) is 8.48. The van der Waals surface area contributed by atoms with Gasteiger partial charge in [0.25, 0.3) is 5.89 Å². The second-order valence-corrected chi connectivity index (χ2v) is 9.67. The minimum Gasteiger partial charge on any atom is -0.402 e. The average molecular weight is 500 g/mol. The molecule has 2 N–H and O–H groups in total. The summed E-state index contributed by atoms with van der Waals surface area (Å²) in [7, 11) is 0. The van der Waals surface area contributed by atoms with Gasteiger partial charge in [-0.1, -0.05) is 60.2 Å².